The smallest absolute Gasteiger partial charge is 0.311 e. The first-order valence-electron chi connectivity index (χ1n) is 20.1. The third-order valence-electron chi connectivity index (χ3n) is 13.3. The highest BCUT2D eigenvalue weighted by molar-refractivity contribution is 5.73. The van der Waals surface area contributed by atoms with Crippen LogP contribution in [0.5, 0.6) is 0 Å². The number of nitrogens with zero attached hydrogens (tertiary/aromatic N) is 2. The monoisotopic (exact) mass is 759 g/mol. The van der Waals surface area contributed by atoms with Crippen molar-refractivity contribution in [3.05, 3.63) is 0 Å². The summed E-state index contributed by atoms with van der Waals surface area (Å²) in [4.78, 5) is 18.8. The van der Waals surface area contributed by atoms with Crippen LogP contribution in [0.1, 0.15) is 101 Å². The van der Waals surface area contributed by atoms with Crippen LogP contribution in [0.15, 0.2) is 0 Å². The van der Waals surface area contributed by atoms with Crippen LogP contribution in [0.25, 0.3) is 0 Å². The Hall–Kier alpha value is -0.970. The van der Waals surface area contributed by atoms with E-state index >= 15 is 0 Å². The maximum absolute atomic E-state index is 14.5. The summed E-state index contributed by atoms with van der Waals surface area (Å²) in [5, 5.41) is 35.2. The molecular formula is C40H74N2O11. The van der Waals surface area contributed by atoms with Gasteiger partial charge in [-0.1, -0.05) is 20.8 Å². The van der Waals surface area contributed by atoms with Crippen LogP contribution in [0.3, 0.4) is 0 Å². The quantitative estimate of drug-likeness (QED) is 0.325. The van der Waals surface area contributed by atoms with Gasteiger partial charge in [-0.15, -0.1) is 0 Å². The Morgan fingerprint density at radius 2 is 1.66 bits per heavy atom. The number of esters is 1. The van der Waals surface area contributed by atoms with Gasteiger partial charge in [0.2, 0.25) is 0 Å². The highest BCUT2D eigenvalue weighted by atomic mass is 16.7. The predicted octanol–water partition coefficient (Wildman–Crippen LogP) is 3.58. The summed E-state index contributed by atoms with van der Waals surface area (Å²) in [6.07, 6.45) is -4.44. The van der Waals surface area contributed by atoms with Gasteiger partial charge in [-0.2, -0.15) is 0 Å². The van der Waals surface area contributed by atoms with Gasteiger partial charge in [0.1, 0.15) is 23.9 Å². The lowest BCUT2D eigenvalue weighted by molar-refractivity contribution is -0.318. The number of cyclic esters (lactones) is 1. The second-order valence-electron chi connectivity index (χ2n) is 17.9. The van der Waals surface area contributed by atoms with Crippen molar-refractivity contribution >= 4 is 5.97 Å². The number of hydrogen-bond acceptors (Lipinski definition) is 13. The maximum atomic E-state index is 14.5. The van der Waals surface area contributed by atoms with E-state index in [0.717, 1.165) is 6.42 Å². The molecule has 0 radical (unpaired) electrons. The second kappa shape index (κ2) is 17.7. The molecule has 0 saturated carbocycles. The molecule has 3 N–H and O–H groups in total. The Labute approximate surface area is 319 Å². The summed E-state index contributed by atoms with van der Waals surface area (Å²) in [7, 11) is 7.49. The minimum absolute atomic E-state index is 0.0307. The summed E-state index contributed by atoms with van der Waals surface area (Å²) >= 11 is 0. The molecule has 0 amide bonds. The Kier molecular flexibility index (Phi) is 14.9. The number of methoxy groups -OCH3 is 1. The fourth-order valence-corrected chi connectivity index (χ4v) is 9.97. The van der Waals surface area contributed by atoms with E-state index in [1.165, 1.54) is 0 Å². The molecule has 0 spiro atoms. The maximum Gasteiger partial charge on any atom is 0.311 e. The first kappa shape index (κ1) is 44.7. The Morgan fingerprint density at radius 3 is 2.26 bits per heavy atom. The van der Waals surface area contributed by atoms with E-state index in [9.17, 15) is 20.1 Å². The van der Waals surface area contributed by atoms with Crippen molar-refractivity contribution in [1.29, 1.82) is 0 Å². The largest absolute Gasteiger partial charge is 0.459 e. The minimum atomic E-state index is -1.46. The molecule has 4 rings (SSSR count). The molecule has 13 nitrogen and oxygen atoms in total. The summed E-state index contributed by atoms with van der Waals surface area (Å²) in [5.74, 6) is -1.83. The molecule has 0 aliphatic carbocycles. The number of aliphatic hydroxyl groups is 3. The molecule has 53 heavy (non-hydrogen) atoms. The van der Waals surface area contributed by atoms with E-state index in [2.05, 4.69) is 32.7 Å². The van der Waals surface area contributed by atoms with Gasteiger partial charge in [0.05, 0.1) is 41.5 Å². The van der Waals surface area contributed by atoms with Crippen molar-refractivity contribution in [3.63, 3.8) is 0 Å². The molecule has 0 aromatic carbocycles. The van der Waals surface area contributed by atoms with Gasteiger partial charge in [0, 0.05) is 50.6 Å². The molecule has 4 fully saturated rings. The van der Waals surface area contributed by atoms with Gasteiger partial charge in [-0.25, -0.2) is 0 Å². The van der Waals surface area contributed by atoms with Crippen LogP contribution in [0, 0.1) is 23.7 Å². The number of likely N-dealkylation sites (N-methyl/N-ethyl adjacent to an activating group) is 1. The van der Waals surface area contributed by atoms with Crippen molar-refractivity contribution in [2.24, 2.45) is 23.7 Å². The first-order valence-corrected chi connectivity index (χ1v) is 20.1. The number of ether oxygens (including phenoxy) is 7. The van der Waals surface area contributed by atoms with Gasteiger partial charge >= 0.3 is 5.97 Å². The van der Waals surface area contributed by atoms with E-state index in [-0.39, 0.29) is 36.4 Å². The number of carbonyl (C=O) groups is 1. The predicted molar refractivity (Wildman–Crippen MR) is 200 cm³/mol. The number of carbonyl (C=O) groups excluding carboxylic acids is 1. The van der Waals surface area contributed by atoms with Crippen LogP contribution < -0.4 is 0 Å². The molecule has 13 heteroatoms. The molecular weight excluding hydrogens is 684 g/mol. The third-order valence-corrected chi connectivity index (χ3v) is 13.3. The van der Waals surface area contributed by atoms with Gasteiger partial charge in [-0.3, -0.25) is 4.79 Å². The molecule has 310 valence electrons. The van der Waals surface area contributed by atoms with Gasteiger partial charge in [0.15, 0.2) is 12.6 Å². The standard InChI is InChI=1S/C40H74N2O11/c1-15-30-40(10)28(16-17-48-40)26(6)42(13)21-22(2)19-38(8,46)35(53-37-32(43)29(41(11)12)18-23(3)49-37)24(4)33(25(5)36(45)51-30)52-31-20-39(9,47-14)34(44)27(7)50-31/h22-35,37,43-44,46H,15-21H2,1-14H3/t22-,23-,24+,25-,26-,27+,28-,29+,30-,31+,32-,33?,34+,35-,37+,38-,39-,40+/m1/s1. The lowest BCUT2D eigenvalue weighted by Gasteiger charge is -2.48. The highest BCUT2D eigenvalue weighted by Gasteiger charge is 2.54. The summed E-state index contributed by atoms with van der Waals surface area (Å²) in [5.41, 5.74) is -3.13. The highest BCUT2D eigenvalue weighted by Crippen LogP contribution is 2.43. The van der Waals surface area contributed by atoms with Crippen LogP contribution in [0.2, 0.25) is 0 Å². The number of hydrogen-bond donors (Lipinski definition) is 3. The molecule has 4 heterocycles. The molecule has 1 unspecified atom stereocenters. The van der Waals surface area contributed by atoms with Gasteiger partial charge in [-0.05, 0) is 101 Å². The fraction of sp³-hybridized carbons (Fsp3) is 0.975. The molecule has 0 aromatic rings. The molecule has 18 atom stereocenters. The van der Waals surface area contributed by atoms with Gasteiger partial charge in [0.25, 0.3) is 0 Å². The Balaban J connectivity index is 1.81. The van der Waals surface area contributed by atoms with Crippen molar-refractivity contribution in [2.45, 2.75) is 186 Å². The normalized spacial score (nSPS) is 49.9. The SMILES string of the molecule is CC[C@H]1OC(=O)[C@H](C)C(O[C@H]2C[C@@](C)(OC)[C@@H](O)[C@H](C)O2)[C@H](C)[C@@H](O[C@@H]2O[C@H](C)C[C@H](N(C)C)[C@H]2O)[C@](C)(O)C[C@@H](C)CN(C)[C@H](C)[C@H]2CCO[C@@]21C. The van der Waals surface area contributed by atoms with Crippen LogP contribution in [-0.2, 0) is 38.0 Å². The lowest BCUT2D eigenvalue weighted by atomic mass is 9.77. The zero-order chi connectivity index (χ0) is 39.8. The van der Waals surface area contributed by atoms with Crippen molar-refractivity contribution in [1.82, 2.24) is 9.80 Å². The lowest BCUT2D eigenvalue weighted by Crippen LogP contribution is -2.60. The summed E-state index contributed by atoms with van der Waals surface area (Å²) in [6, 6.07) is -0.121. The second-order valence-corrected chi connectivity index (χ2v) is 17.9. The molecule has 0 aromatic heterocycles. The minimum Gasteiger partial charge on any atom is -0.459 e. The molecule has 4 aliphatic heterocycles. The van der Waals surface area contributed by atoms with Crippen LogP contribution in [0.4, 0.5) is 0 Å². The van der Waals surface area contributed by atoms with Crippen molar-refractivity contribution in [3.8, 4) is 0 Å². The first-order chi connectivity index (χ1) is 24.6. The van der Waals surface area contributed by atoms with E-state index < -0.39 is 83.8 Å². The van der Waals surface area contributed by atoms with Crippen LogP contribution >= 0.6 is 0 Å². The molecule has 4 aliphatic rings. The third kappa shape index (κ3) is 9.60. The number of rotatable bonds is 7. The molecule has 4 saturated heterocycles. The number of aliphatic hydroxyl groups excluding tert-OH is 2. The topological polar surface area (TPSA) is 149 Å². The van der Waals surface area contributed by atoms with E-state index in [1.807, 2.05) is 46.7 Å². The Bertz CT molecular complexity index is 1190. The zero-order valence-corrected chi connectivity index (χ0v) is 35.1. The average Bonchev–Trinajstić information content (AvgIpc) is 3.48. The zero-order valence-electron chi connectivity index (χ0n) is 35.1. The Morgan fingerprint density at radius 1 is 1.00 bits per heavy atom. The van der Waals surface area contributed by atoms with Crippen molar-refractivity contribution < 1.29 is 53.3 Å². The van der Waals surface area contributed by atoms with Crippen LogP contribution in [-0.4, -0.2) is 157 Å². The summed E-state index contributed by atoms with van der Waals surface area (Å²) in [6.45, 7) is 20.7. The van der Waals surface area contributed by atoms with E-state index in [1.54, 1.807) is 27.9 Å². The van der Waals surface area contributed by atoms with Gasteiger partial charge < -0.3 is 58.3 Å². The van der Waals surface area contributed by atoms with E-state index in [4.69, 9.17) is 33.2 Å². The number of fused-ring (bicyclic) bond motifs is 1. The molecule has 0 bridgehead atoms. The van der Waals surface area contributed by atoms with Crippen molar-refractivity contribution in [2.75, 3.05) is 41.4 Å². The average molecular weight is 759 g/mol. The summed E-state index contributed by atoms with van der Waals surface area (Å²) < 4.78 is 44.8. The fourth-order valence-electron chi connectivity index (χ4n) is 9.97. The van der Waals surface area contributed by atoms with E-state index in [0.29, 0.717) is 32.4 Å².